The lowest BCUT2D eigenvalue weighted by atomic mass is 10.2. The highest BCUT2D eigenvalue weighted by Crippen LogP contribution is 2.23. The van der Waals surface area contributed by atoms with E-state index in [0.29, 0.717) is 5.69 Å². The topological polar surface area (TPSA) is 33.1 Å². The molecule has 0 aromatic carbocycles. The van der Waals surface area contributed by atoms with Crippen LogP contribution in [0.3, 0.4) is 0 Å². The number of halogens is 2. The van der Waals surface area contributed by atoms with Gasteiger partial charge in [0.25, 0.3) is 0 Å². The van der Waals surface area contributed by atoms with Crippen molar-refractivity contribution in [1.82, 2.24) is 4.98 Å². The van der Waals surface area contributed by atoms with Crippen molar-refractivity contribution in [3.8, 4) is 0 Å². The molecule has 2 nitrogen and oxygen atoms in total. The van der Waals surface area contributed by atoms with E-state index < -0.39 is 6.10 Å². The van der Waals surface area contributed by atoms with Crippen molar-refractivity contribution in [2.75, 3.05) is 0 Å². The number of aliphatic hydroxyl groups excluding tert-OH is 1. The molecule has 60 valence electrons. The largest absolute Gasteiger partial charge is 0.387 e. The van der Waals surface area contributed by atoms with E-state index in [1.54, 1.807) is 13.1 Å². The zero-order chi connectivity index (χ0) is 8.43. The van der Waals surface area contributed by atoms with E-state index in [9.17, 15) is 5.11 Å². The van der Waals surface area contributed by atoms with Crippen molar-refractivity contribution in [3.63, 3.8) is 0 Å². The Morgan fingerprint density at radius 2 is 2.18 bits per heavy atom. The van der Waals surface area contributed by atoms with Crippen LogP contribution in [0.2, 0.25) is 0 Å². The first-order valence-corrected chi connectivity index (χ1v) is 4.69. The highest BCUT2D eigenvalue weighted by molar-refractivity contribution is 9.11. The fraction of sp³-hybridized carbons (Fsp3) is 0.286. The van der Waals surface area contributed by atoms with Crippen molar-refractivity contribution in [2.45, 2.75) is 13.0 Å². The van der Waals surface area contributed by atoms with E-state index in [-0.39, 0.29) is 0 Å². The molecule has 0 aliphatic heterocycles. The Hall–Kier alpha value is 0.0700. The molecule has 0 amide bonds. The molecule has 0 aliphatic carbocycles. The third kappa shape index (κ3) is 2.25. The lowest BCUT2D eigenvalue weighted by Crippen LogP contribution is -1.95. The van der Waals surface area contributed by atoms with Gasteiger partial charge in [-0.05, 0) is 44.8 Å². The van der Waals surface area contributed by atoms with Gasteiger partial charge in [0.05, 0.1) is 11.8 Å². The standard InChI is InChI=1S/C7H7Br2NO/c1-4(11)7-6(9)2-5(8)3-10-7/h2-4,11H,1H3/t4-/m1/s1. The Morgan fingerprint density at radius 3 is 2.64 bits per heavy atom. The van der Waals surface area contributed by atoms with Crippen LogP contribution in [-0.4, -0.2) is 10.1 Å². The molecule has 0 fully saturated rings. The second-order valence-corrected chi connectivity index (χ2v) is 3.97. The summed E-state index contributed by atoms with van der Waals surface area (Å²) >= 11 is 6.57. The molecule has 1 rings (SSSR count). The van der Waals surface area contributed by atoms with Crippen LogP contribution in [0.4, 0.5) is 0 Å². The highest BCUT2D eigenvalue weighted by atomic mass is 79.9. The van der Waals surface area contributed by atoms with Gasteiger partial charge >= 0.3 is 0 Å². The monoisotopic (exact) mass is 279 g/mol. The molecular formula is C7H7Br2NO. The predicted molar refractivity (Wildman–Crippen MR) is 50.3 cm³/mol. The summed E-state index contributed by atoms with van der Waals surface area (Å²) in [5.41, 5.74) is 0.660. The van der Waals surface area contributed by atoms with Gasteiger partial charge in [0.2, 0.25) is 0 Å². The number of nitrogens with zero attached hydrogens (tertiary/aromatic N) is 1. The van der Waals surface area contributed by atoms with E-state index in [1.807, 2.05) is 6.07 Å². The quantitative estimate of drug-likeness (QED) is 0.858. The van der Waals surface area contributed by atoms with Gasteiger partial charge in [-0.1, -0.05) is 0 Å². The summed E-state index contributed by atoms with van der Waals surface area (Å²) in [4.78, 5) is 4.03. The summed E-state index contributed by atoms with van der Waals surface area (Å²) in [6.07, 6.45) is 1.13. The third-order valence-electron chi connectivity index (χ3n) is 1.23. The Balaban J connectivity index is 3.09. The van der Waals surface area contributed by atoms with Crippen LogP contribution in [0.1, 0.15) is 18.7 Å². The van der Waals surface area contributed by atoms with E-state index in [0.717, 1.165) is 8.95 Å². The van der Waals surface area contributed by atoms with Crippen LogP contribution in [0.25, 0.3) is 0 Å². The average Bonchev–Trinajstić information content (AvgIpc) is 1.85. The number of pyridine rings is 1. The van der Waals surface area contributed by atoms with Crippen molar-refractivity contribution in [1.29, 1.82) is 0 Å². The minimum atomic E-state index is -0.530. The second kappa shape index (κ2) is 3.65. The summed E-state index contributed by atoms with van der Waals surface area (Å²) in [5, 5.41) is 9.19. The van der Waals surface area contributed by atoms with Gasteiger partial charge in [-0.25, -0.2) is 0 Å². The third-order valence-corrected chi connectivity index (χ3v) is 2.30. The van der Waals surface area contributed by atoms with E-state index in [4.69, 9.17) is 0 Å². The van der Waals surface area contributed by atoms with Crippen LogP contribution in [0, 0.1) is 0 Å². The van der Waals surface area contributed by atoms with Gasteiger partial charge in [-0.3, -0.25) is 4.98 Å². The fourth-order valence-corrected chi connectivity index (χ4v) is 2.05. The molecule has 0 saturated heterocycles. The Morgan fingerprint density at radius 1 is 1.55 bits per heavy atom. The average molecular weight is 281 g/mol. The maximum atomic E-state index is 9.19. The van der Waals surface area contributed by atoms with Crippen LogP contribution >= 0.6 is 31.9 Å². The number of rotatable bonds is 1. The van der Waals surface area contributed by atoms with Gasteiger partial charge in [-0.15, -0.1) is 0 Å². The van der Waals surface area contributed by atoms with E-state index >= 15 is 0 Å². The van der Waals surface area contributed by atoms with Crippen molar-refractivity contribution in [3.05, 3.63) is 26.9 Å². The summed E-state index contributed by atoms with van der Waals surface area (Å²) in [6.45, 7) is 1.68. The smallest absolute Gasteiger partial charge is 0.0943 e. The van der Waals surface area contributed by atoms with Crippen LogP contribution in [-0.2, 0) is 0 Å². The predicted octanol–water partition coefficient (Wildman–Crippen LogP) is 2.66. The minimum absolute atomic E-state index is 0.530. The second-order valence-electron chi connectivity index (χ2n) is 2.20. The highest BCUT2D eigenvalue weighted by Gasteiger charge is 2.06. The van der Waals surface area contributed by atoms with Gasteiger partial charge in [0.1, 0.15) is 0 Å². The number of aliphatic hydroxyl groups is 1. The van der Waals surface area contributed by atoms with Gasteiger partial charge < -0.3 is 5.11 Å². The number of aromatic nitrogens is 1. The molecule has 0 unspecified atom stereocenters. The van der Waals surface area contributed by atoms with Gasteiger partial charge in [0, 0.05) is 15.1 Å². The number of hydrogen-bond acceptors (Lipinski definition) is 2. The normalized spacial score (nSPS) is 13.1. The molecular weight excluding hydrogens is 274 g/mol. The van der Waals surface area contributed by atoms with Crippen molar-refractivity contribution >= 4 is 31.9 Å². The van der Waals surface area contributed by atoms with Gasteiger partial charge in [-0.2, -0.15) is 0 Å². The lowest BCUT2D eigenvalue weighted by molar-refractivity contribution is 0.193. The molecule has 1 heterocycles. The van der Waals surface area contributed by atoms with Gasteiger partial charge in [0.15, 0.2) is 0 Å². The molecule has 0 bridgehead atoms. The van der Waals surface area contributed by atoms with Crippen LogP contribution in [0.15, 0.2) is 21.2 Å². The first-order valence-electron chi connectivity index (χ1n) is 3.10. The lowest BCUT2D eigenvalue weighted by Gasteiger charge is -2.05. The first-order chi connectivity index (χ1) is 5.11. The summed E-state index contributed by atoms with van der Waals surface area (Å²) in [6, 6.07) is 1.86. The SMILES string of the molecule is C[C@@H](O)c1ncc(Br)cc1Br. The maximum absolute atomic E-state index is 9.19. The molecule has 1 N–H and O–H groups in total. The molecule has 1 atom stereocenters. The number of hydrogen-bond donors (Lipinski definition) is 1. The van der Waals surface area contributed by atoms with E-state index in [2.05, 4.69) is 36.8 Å². The fourth-order valence-electron chi connectivity index (χ4n) is 0.733. The molecule has 1 aromatic rings. The van der Waals surface area contributed by atoms with Crippen molar-refractivity contribution in [2.24, 2.45) is 0 Å². The summed E-state index contributed by atoms with van der Waals surface area (Å²) < 4.78 is 1.72. The zero-order valence-electron chi connectivity index (χ0n) is 5.88. The molecule has 0 spiro atoms. The van der Waals surface area contributed by atoms with Crippen molar-refractivity contribution < 1.29 is 5.11 Å². The zero-order valence-corrected chi connectivity index (χ0v) is 9.05. The van der Waals surface area contributed by atoms with Crippen LogP contribution < -0.4 is 0 Å². The molecule has 0 aliphatic rings. The Labute approximate surface area is 81.9 Å². The molecule has 11 heavy (non-hydrogen) atoms. The minimum Gasteiger partial charge on any atom is -0.387 e. The Kier molecular flexibility index (Phi) is 3.04. The molecule has 4 heteroatoms. The van der Waals surface area contributed by atoms with E-state index in [1.165, 1.54) is 0 Å². The maximum Gasteiger partial charge on any atom is 0.0943 e. The molecule has 0 saturated carbocycles. The summed E-state index contributed by atoms with van der Waals surface area (Å²) in [7, 11) is 0. The Bertz CT molecular complexity index is 263. The first kappa shape index (κ1) is 9.16. The van der Waals surface area contributed by atoms with Crippen LogP contribution in [0.5, 0.6) is 0 Å². The molecule has 0 radical (unpaired) electrons. The molecule has 1 aromatic heterocycles. The summed E-state index contributed by atoms with van der Waals surface area (Å²) in [5.74, 6) is 0.